The van der Waals surface area contributed by atoms with E-state index in [2.05, 4.69) is 5.32 Å². The minimum Gasteiger partial charge on any atom is -0.497 e. The maximum absolute atomic E-state index is 14.2. The molecule has 0 saturated heterocycles. The number of amides is 2. The molecule has 0 heterocycles. The van der Waals surface area contributed by atoms with Crippen molar-refractivity contribution in [2.45, 2.75) is 71.0 Å². The molecule has 10 heteroatoms. The molecule has 232 valence electrons. The van der Waals surface area contributed by atoms with E-state index in [0.717, 1.165) is 21.9 Å². The van der Waals surface area contributed by atoms with Crippen LogP contribution in [-0.2, 0) is 26.2 Å². The fourth-order valence-corrected chi connectivity index (χ4v) is 5.94. The van der Waals surface area contributed by atoms with Crippen LogP contribution in [0.15, 0.2) is 77.7 Å². The normalized spacial score (nSPS) is 12.6. The summed E-state index contributed by atoms with van der Waals surface area (Å²) in [5.41, 5.74) is 2.07. The van der Waals surface area contributed by atoms with Crippen molar-refractivity contribution >= 4 is 27.5 Å². The number of carbonyl (C=O) groups excluding carboxylic acids is 2. The molecular weight excluding hydrogens is 566 g/mol. The number of nitrogens with zero attached hydrogens (tertiary/aromatic N) is 2. The summed E-state index contributed by atoms with van der Waals surface area (Å²) in [6, 6.07) is 19.4. The molecule has 2 atom stereocenters. The zero-order chi connectivity index (χ0) is 31.6. The van der Waals surface area contributed by atoms with Crippen LogP contribution in [0, 0.1) is 6.92 Å². The molecule has 0 spiro atoms. The first-order chi connectivity index (χ1) is 20.5. The van der Waals surface area contributed by atoms with E-state index in [1.54, 1.807) is 55.6 Å². The standard InChI is InChI=1S/C33H43N3O6S/c1-7-25(5)34-33(38)31(8-2)35(22-26-12-16-28(41-6)17-13-26)32(37)23-36(27-14-10-24(4)11-15-27)43(39,40)30-20-18-29(19-21-30)42-9-3/h10-21,25,31H,7-9,22-23H2,1-6H3,(H,34,38)/t25-,31+/m0/s1. The molecule has 0 bridgehead atoms. The van der Waals surface area contributed by atoms with Gasteiger partial charge in [-0.3, -0.25) is 13.9 Å². The van der Waals surface area contributed by atoms with Gasteiger partial charge in [-0.15, -0.1) is 0 Å². The van der Waals surface area contributed by atoms with E-state index in [9.17, 15) is 18.0 Å². The summed E-state index contributed by atoms with van der Waals surface area (Å²) in [6.45, 7) is 9.52. The average molecular weight is 610 g/mol. The van der Waals surface area contributed by atoms with Crippen molar-refractivity contribution in [1.29, 1.82) is 0 Å². The predicted molar refractivity (Wildman–Crippen MR) is 169 cm³/mol. The van der Waals surface area contributed by atoms with Crippen LogP contribution in [0.2, 0.25) is 0 Å². The van der Waals surface area contributed by atoms with Crippen LogP contribution in [0.3, 0.4) is 0 Å². The third-order valence-electron chi connectivity index (χ3n) is 7.22. The molecule has 0 saturated carbocycles. The maximum atomic E-state index is 14.2. The lowest BCUT2D eigenvalue weighted by atomic mass is 10.1. The van der Waals surface area contributed by atoms with Crippen molar-refractivity contribution in [3.8, 4) is 11.5 Å². The van der Waals surface area contributed by atoms with Crippen molar-refractivity contribution in [2.75, 3.05) is 24.6 Å². The SMILES string of the molecule is CCOc1ccc(S(=O)(=O)N(CC(=O)N(Cc2ccc(OC)cc2)[C@H](CC)C(=O)N[C@@H](C)CC)c2ccc(C)cc2)cc1. The van der Waals surface area contributed by atoms with Gasteiger partial charge in [0.25, 0.3) is 10.0 Å². The second-order valence-corrected chi connectivity index (χ2v) is 12.2. The van der Waals surface area contributed by atoms with Gasteiger partial charge < -0.3 is 19.7 Å². The number of sulfonamides is 1. The Labute approximate surface area is 255 Å². The van der Waals surface area contributed by atoms with Crippen LogP contribution in [0.1, 0.15) is 51.7 Å². The van der Waals surface area contributed by atoms with Crippen molar-refractivity contribution in [2.24, 2.45) is 0 Å². The second-order valence-electron chi connectivity index (χ2n) is 10.4. The Balaban J connectivity index is 2.04. The first-order valence-electron chi connectivity index (χ1n) is 14.6. The van der Waals surface area contributed by atoms with E-state index in [4.69, 9.17) is 9.47 Å². The number of rotatable bonds is 15. The smallest absolute Gasteiger partial charge is 0.264 e. The molecule has 0 aliphatic carbocycles. The van der Waals surface area contributed by atoms with E-state index < -0.39 is 28.5 Å². The Morgan fingerprint density at radius 3 is 2.00 bits per heavy atom. The third kappa shape index (κ3) is 8.73. The molecule has 0 aliphatic rings. The lowest BCUT2D eigenvalue weighted by molar-refractivity contribution is -0.140. The zero-order valence-electron chi connectivity index (χ0n) is 25.9. The molecule has 3 aromatic carbocycles. The quantitative estimate of drug-likeness (QED) is 0.250. The van der Waals surface area contributed by atoms with Crippen molar-refractivity contribution in [1.82, 2.24) is 10.2 Å². The number of nitrogens with one attached hydrogen (secondary N) is 1. The Hall–Kier alpha value is -4.05. The highest BCUT2D eigenvalue weighted by molar-refractivity contribution is 7.92. The minimum absolute atomic E-state index is 0.0209. The number of hydrogen-bond acceptors (Lipinski definition) is 6. The predicted octanol–water partition coefficient (Wildman–Crippen LogP) is 5.32. The summed E-state index contributed by atoms with van der Waals surface area (Å²) in [4.78, 5) is 29.1. The Kier molecular flexibility index (Phi) is 12.0. The third-order valence-corrected chi connectivity index (χ3v) is 9.01. The molecule has 9 nitrogen and oxygen atoms in total. The highest BCUT2D eigenvalue weighted by Gasteiger charge is 2.34. The topological polar surface area (TPSA) is 105 Å². The van der Waals surface area contributed by atoms with Crippen molar-refractivity contribution in [3.63, 3.8) is 0 Å². The van der Waals surface area contributed by atoms with Gasteiger partial charge in [0.05, 0.1) is 24.3 Å². The van der Waals surface area contributed by atoms with E-state index in [1.165, 1.54) is 17.0 Å². The lowest BCUT2D eigenvalue weighted by Gasteiger charge is -2.33. The van der Waals surface area contributed by atoms with Gasteiger partial charge in [-0.05, 0) is 87.7 Å². The lowest BCUT2D eigenvalue weighted by Crippen LogP contribution is -2.53. The van der Waals surface area contributed by atoms with Gasteiger partial charge in [-0.1, -0.05) is 43.7 Å². The van der Waals surface area contributed by atoms with E-state index in [-0.39, 0.29) is 23.4 Å². The van der Waals surface area contributed by atoms with E-state index >= 15 is 0 Å². The van der Waals surface area contributed by atoms with Gasteiger partial charge in [-0.25, -0.2) is 8.42 Å². The second kappa shape index (κ2) is 15.4. The molecule has 2 amide bonds. The van der Waals surface area contributed by atoms with Crippen LogP contribution in [0.4, 0.5) is 5.69 Å². The number of benzene rings is 3. The van der Waals surface area contributed by atoms with E-state index in [0.29, 0.717) is 30.2 Å². The van der Waals surface area contributed by atoms with Crippen molar-refractivity contribution < 1.29 is 27.5 Å². The highest BCUT2D eigenvalue weighted by atomic mass is 32.2. The molecule has 3 rings (SSSR count). The van der Waals surface area contributed by atoms with Gasteiger partial charge >= 0.3 is 0 Å². The zero-order valence-corrected chi connectivity index (χ0v) is 26.7. The van der Waals surface area contributed by atoms with Gasteiger partial charge in [0.2, 0.25) is 11.8 Å². The average Bonchev–Trinajstić information content (AvgIpc) is 3.00. The number of carbonyl (C=O) groups is 2. The van der Waals surface area contributed by atoms with E-state index in [1.807, 2.05) is 46.8 Å². The first-order valence-corrected chi connectivity index (χ1v) is 16.0. The molecule has 0 radical (unpaired) electrons. The molecule has 0 unspecified atom stereocenters. The van der Waals surface area contributed by atoms with Gasteiger partial charge in [-0.2, -0.15) is 0 Å². The molecule has 3 aromatic rings. The summed E-state index contributed by atoms with van der Waals surface area (Å²) < 4.78 is 40.0. The Morgan fingerprint density at radius 2 is 1.47 bits per heavy atom. The molecule has 0 aromatic heterocycles. The number of ether oxygens (including phenoxy) is 2. The van der Waals surface area contributed by atoms with Gasteiger partial charge in [0, 0.05) is 12.6 Å². The highest BCUT2D eigenvalue weighted by Crippen LogP contribution is 2.27. The molecule has 1 N–H and O–H groups in total. The van der Waals surface area contributed by atoms with Crippen molar-refractivity contribution in [3.05, 3.63) is 83.9 Å². The molecule has 0 aliphatic heterocycles. The summed E-state index contributed by atoms with van der Waals surface area (Å²) in [5, 5.41) is 2.99. The van der Waals surface area contributed by atoms with Crippen LogP contribution in [0.5, 0.6) is 11.5 Å². The number of hydrogen-bond donors (Lipinski definition) is 1. The summed E-state index contributed by atoms with van der Waals surface area (Å²) >= 11 is 0. The first kappa shape index (κ1) is 33.5. The summed E-state index contributed by atoms with van der Waals surface area (Å²) in [7, 11) is -2.60. The Morgan fingerprint density at radius 1 is 0.860 bits per heavy atom. The van der Waals surface area contributed by atoms with Gasteiger partial charge in [0.15, 0.2) is 0 Å². The van der Waals surface area contributed by atoms with Crippen LogP contribution < -0.4 is 19.1 Å². The van der Waals surface area contributed by atoms with Crippen LogP contribution in [-0.4, -0.2) is 57.5 Å². The number of anilines is 1. The van der Waals surface area contributed by atoms with Crippen LogP contribution >= 0.6 is 0 Å². The fraction of sp³-hybridized carbons (Fsp3) is 0.394. The minimum atomic E-state index is -4.17. The molecular formula is C33H43N3O6S. The van der Waals surface area contributed by atoms with Crippen LogP contribution in [0.25, 0.3) is 0 Å². The molecule has 0 fully saturated rings. The monoisotopic (exact) mass is 609 g/mol. The number of methoxy groups -OCH3 is 1. The summed E-state index contributed by atoms with van der Waals surface area (Å²) in [6.07, 6.45) is 1.08. The largest absolute Gasteiger partial charge is 0.497 e. The Bertz CT molecular complexity index is 1440. The number of aryl methyl sites for hydroxylation is 1. The maximum Gasteiger partial charge on any atom is 0.264 e. The molecule has 43 heavy (non-hydrogen) atoms. The summed E-state index contributed by atoms with van der Waals surface area (Å²) in [5.74, 6) is 0.422. The van der Waals surface area contributed by atoms with Gasteiger partial charge in [0.1, 0.15) is 24.1 Å². The fourth-order valence-electron chi connectivity index (χ4n) is 4.53.